The number of rotatable bonds is 5. The number of amides is 1. The van der Waals surface area contributed by atoms with Crippen molar-refractivity contribution in [2.75, 3.05) is 14.2 Å². The average molecular weight is 363 g/mol. The van der Waals surface area contributed by atoms with Crippen molar-refractivity contribution in [1.29, 1.82) is 0 Å². The minimum absolute atomic E-state index is 0.232. The summed E-state index contributed by atoms with van der Waals surface area (Å²) in [5, 5.41) is 7.16. The predicted octanol–water partition coefficient (Wildman–Crippen LogP) is 3.59. The van der Waals surface area contributed by atoms with Gasteiger partial charge in [0.25, 0.3) is 5.91 Å². The summed E-state index contributed by atoms with van der Waals surface area (Å²) in [6.07, 6.45) is 0. The van der Waals surface area contributed by atoms with Crippen LogP contribution < -0.4 is 14.8 Å². The third kappa shape index (κ3) is 3.98. The molecule has 0 radical (unpaired) electrons. The van der Waals surface area contributed by atoms with Crippen LogP contribution in [0.2, 0.25) is 0 Å². The highest BCUT2D eigenvalue weighted by Crippen LogP contribution is 2.32. The van der Waals surface area contributed by atoms with Gasteiger partial charge < -0.3 is 14.8 Å². The molecule has 1 aromatic heterocycles. The van der Waals surface area contributed by atoms with Crippen LogP contribution in [-0.4, -0.2) is 29.9 Å². The normalized spacial score (nSPS) is 12.6. The van der Waals surface area contributed by atoms with E-state index in [0.29, 0.717) is 22.8 Å². The standard InChI is InChI=1S/C19H26FN3O3/c1-11-8-15(22-23(11)19(3,4)5)18(24)21-12(2)13-9-16(25-6)17(26-7)10-14(13)20/h8-10,12H,1-7H3,(H,21,24)/t12-/m0/s1. The smallest absolute Gasteiger partial charge is 0.272 e. The Hall–Kier alpha value is -2.57. The van der Waals surface area contributed by atoms with Gasteiger partial charge in [0, 0.05) is 17.3 Å². The summed E-state index contributed by atoms with van der Waals surface area (Å²) in [5.41, 5.74) is 1.25. The Morgan fingerprint density at radius 3 is 2.27 bits per heavy atom. The Kier molecular flexibility index (Phi) is 5.59. The number of nitrogens with one attached hydrogen (secondary N) is 1. The highest BCUT2D eigenvalue weighted by atomic mass is 19.1. The van der Waals surface area contributed by atoms with E-state index in [1.165, 1.54) is 26.4 Å². The second-order valence-corrected chi connectivity index (χ2v) is 7.18. The van der Waals surface area contributed by atoms with E-state index in [1.807, 2.05) is 27.7 Å². The largest absolute Gasteiger partial charge is 0.493 e. The summed E-state index contributed by atoms with van der Waals surface area (Å²) < 4.78 is 26.5. The molecule has 1 heterocycles. The third-order valence-corrected chi connectivity index (χ3v) is 4.07. The molecule has 0 saturated carbocycles. The lowest BCUT2D eigenvalue weighted by Crippen LogP contribution is -2.29. The van der Waals surface area contributed by atoms with Crippen molar-refractivity contribution in [3.63, 3.8) is 0 Å². The number of aromatic nitrogens is 2. The van der Waals surface area contributed by atoms with Crippen molar-refractivity contribution in [2.24, 2.45) is 0 Å². The maximum absolute atomic E-state index is 14.4. The maximum atomic E-state index is 14.4. The number of methoxy groups -OCH3 is 2. The van der Waals surface area contributed by atoms with Crippen molar-refractivity contribution in [3.8, 4) is 11.5 Å². The molecular weight excluding hydrogens is 337 g/mol. The zero-order valence-electron chi connectivity index (χ0n) is 16.3. The zero-order chi connectivity index (χ0) is 19.6. The van der Waals surface area contributed by atoms with Crippen LogP contribution >= 0.6 is 0 Å². The molecule has 0 spiro atoms. The summed E-state index contributed by atoms with van der Waals surface area (Å²) in [6, 6.07) is 3.92. The van der Waals surface area contributed by atoms with E-state index in [2.05, 4.69) is 10.4 Å². The number of nitrogens with zero attached hydrogens (tertiary/aromatic N) is 2. The van der Waals surface area contributed by atoms with Crippen molar-refractivity contribution >= 4 is 5.91 Å². The van der Waals surface area contributed by atoms with E-state index in [9.17, 15) is 9.18 Å². The first-order valence-electron chi connectivity index (χ1n) is 8.38. The van der Waals surface area contributed by atoms with Crippen LogP contribution in [0.1, 0.15) is 55.5 Å². The lowest BCUT2D eigenvalue weighted by Gasteiger charge is -2.21. The van der Waals surface area contributed by atoms with Gasteiger partial charge in [0.05, 0.1) is 25.8 Å². The third-order valence-electron chi connectivity index (χ3n) is 4.07. The molecule has 0 aliphatic heterocycles. The minimum atomic E-state index is -0.567. The summed E-state index contributed by atoms with van der Waals surface area (Å²) in [4.78, 5) is 12.5. The fourth-order valence-electron chi connectivity index (χ4n) is 2.81. The number of halogens is 1. The monoisotopic (exact) mass is 363 g/mol. The maximum Gasteiger partial charge on any atom is 0.272 e. The first-order chi connectivity index (χ1) is 12.1. The molecule has 1 atom stereocenters. The fourth-order valence-corrected chi connectivity index (χ4v) is 2.81. The molecule has 1 N–H and O–H groups in total. The van der Waals surface area contributed by atoms with E-state index in [-0.39, 0.29) is 11.4 Å². The molecule has 7 heteroatoms. The van der Waals surface area contributed by atoms with Gasteiger partial charge in [-0.1, -0.05) is 0 Å². The fraction of sp³-hybridized carbons (Fsp3) is 0.474. The predicted molar refractivity (Wildman–Crippen MR) is 97.3 cm³/mol. The van der Waals surface area contributed by atoms with Crippen LogP contribution in [-0.2, 0) is 5.54 Å². The van der Waals surface area contributed by atoms with E-state index in [4.69, 9.17) is 9.47 Å². The number of benzene rings is 1. The van der Waals surface area contributed by atoms with Crippen molar-refractivity contribution in [2.45, 2.75) is 46.2 Å². The molecule has 0 fully saturated rings. The number of ether oxygens (including phenoxy) is 2. The molecule has 1 amide bonds. The molecule has 0 bridgehead atoms. The summed E-state index contributed by atoms with van der Waals surface area (Å²) in [7, 11) is 2.92. The van der Waals surface area contributed by atoms with Crippen molar-refractivity contribution in [1.82, 2.24) is 15.1 Å². The van der Waals surface area contributed by atoms with Gasteiger partial charge in [-0.25, -0.2) is 4.39 Å². The molecule has 6 nitrogen and oxygen atoms in total. The second kappa shape index (κ2) is 7.35. The summed E-state index contributed by atoms with van der Waals surface area (Å²) in [6.45, 7) is 9.63. The van der Waals surface area contributed by atoms with Gasteiger partial charge in [0.1, 0.15) is 11.5 Å². The van der Waals surface area contributed by atoms with Gasteiger partial charge in [-0.2, -0.15) is 5.10 Å². The lowest BCUT2D eigenvalue weighted by molar-refractivity contribution is 0.0932. The minimum Gasteiger partial charge on any atom is -0.493 e. The van der Waals surface area contributed by atoms with Crippen molar-refractivity contribution in [3.05, 3.63) is 41.0 Å². The Morgan fingerprint density at radius 2 is 1.77 bits per heavy atom. The zero-order valence-corrected chi connectivity index (χ0v) is 16.3. The SMILES string of the molecule is COc1cc(F)c([C@H](C)NC(=O)c2cc(C)n(C(C)(C)C)n2)cc1OC. The van der Waals surface area contributed by atoms with Gasteiger partial charge in [0.2, 0.25) is 0 Å². The Balaban J connectivity index is 2.25. The molecule has 0 aliphatic carbocycles. The highest BCUT2D eigenvalue weighted by molar-refractivity contribution is 5.92. The van der Waals surface area contributed by atoms with Crippen molar-refractivity contribution < 1.29 is 18.7 Å². The molecule has 1 aromatic carbocycles. The molecule has 0 unspecified atom stereocenters. The Morgan fingerprint density at radius 1 is 1.19 bits per heavy atom. The van der Waals surface area contributed by atoms with Crippen LogP contribution in [0.4, 0.5) is 4.39 Å². The van der Waals surface area contributed by atoms with E-state index in [1.54, 1.807) is 17.7 Å². The molecule has 0 aliphatic rings. The first-order valence-corrected chi connectivity index (χ1v) is 8.38. The molecule has 142 valence electrons. The lowest BCUT2D eigenvalue weighted by atomic mass is 10.1. The average Bonchev–Trinajstić information content (AvgIpc) is 2.96. The van der Waals surface area contributed by atoms with Gasteiger partial charge in [-0.05, 0) is 46.8 Å². The molecule has 0 saturated heterocycles. The van der Waals surface area contributed by atoms with Crippen LogP contribution in [0.5, 0.6) is 11.5 Å². The molecule has 2 rings (SSSR count). The summed E-state index contributed by atoms with van der Waals surface area (Å²) in [5.74, 6) is -0.144. The Bertz CT molecular complexity index is 809. The van der Waals surface area contributed by atoms with Crippen LogP contribution in [0.25, 0.3) is 0 Å². The molecular formula is C19H26FN3O3. The first kappa shape index (κ1) is 19.8. The van der Waals surface area contributed by atoms with Gasteiger partial charge in [-0.3, -0.25) is 9.48 Å². The van der Waals surface area contributed by atoms with Crippen LogP contribution in [0, 0.1) is 12.7 Å². The summed E-state index contributed by atoms with van der Waals surface area (Å²) >= 11 is 0. The van der Waals surface area contributed by atoms with Crippen LogP contribution in [0.3, 0.4) is 0 Å². The van der Waals surface area contributed by atoms with Crippen LogP contribution in [0.15, 0.2) is 18.2 Å². The molecule has 26 heavy (non-hydrogen) atoms. The number of aryl methyl sites for hydroxylation is 1. The van der Waals surface area contributed by atoms with E-state index >= 15 is 0 Å². The Labute approximate surface area is 153 Å². The number of carbonyl (C=O) groups excluding carboxylic acids is 1. The second-order valence-electron chi connectivity index (χ2n) is 7.18. The van der Waals surface area contributed by atoms with Gasteiger partial charge in [0.15, 0.2) is 11.5 Å². The van der Waals surface area contributed by atoms with Gasteiger partial charge >= 0.3 is 0 Å². The highest BCUT2D eigenvalue weighted by Gasteiger charge is 2.23. The van der Waals surface area contributed by atoms with E-state index < -0.39 is 11.9 Å². The number of carbonyl (C=O) groups is 1. The number of hydrogen-bond donors (Lipinski definition) is 1. The van der Waals surface area contributed by atoms with E-state index in [0.717, 1.165) is 5.69 Å². The molecule has 2 aromatic rings. The topological polar surface area (TPSA) is 65.4 Å². The quantitative estimate of drug-likeness (QED) is 0.882. The van der Waals surface area contributed by atoms with Gasteiger partial charge in [-0.15, -0.1) is 0 Å². The number of hydrogen-bond acceptors (Lipinski definition) is 4.